The Bertz CT molecular complexity index is 760. The maximum Gasteiger partial charge on any atom is 0.198 e. The quantitative estimate of drug-likeness (QED) is 0.616. The average molecular weight is 348 g/mol. The van der Waals surface area contributed by atoms with Crippen LogP contribution in [-0.2, 0) is 0 Å². The van der Waals surface area contributed by atoms with Crippen LogP contribution in [0, 0.1) is 0 Å². The van der Waals surface area contributed by atoms with Gasteiger partial charge in [-0.2, -0.15) is 0 Å². The molecule has 1 aromatic carbocycles. The van der Waals surface area contributed by atoms with Gasteiger partial charge in [0.2, 0.25) is 0 Å². The number of benzene rings is 1. The third-order valence-corrected chi connectivity index (χ3v) is 5.39. The molecule has 4 nitrogen and oxygen atoms in total. The summed E-state index contributed by atoms with van der Waals surface area (Å²) in [7, 11) is 0. The fourth-order valence-electron chi connectivity index (χ4n) is 3.95. The minimum absolute atomic E-state index is 0.159. The summed E-state index contributed by atoms with van der Waals surface area (Å²) in [5.41, 5.74) is 2.05. The van der Waals surface area contributed by atoms with Crippen LogP contribution in [0.2, 0.25) is 0 Å². The van der Waals surface area contributed by atoms with Crippen LogP contribution in [0.15, 0.2) is 60.0 Å². The number of rotatable bonds is 4. The molecule has 0 N–H and O–H groups in total. The predicted octanol–water partition coefficient (Wildman–Crippen LogP) is 3.58. The lowest BCUT2D eigenvalue weighted by molar-refractivity contribution is 0.0988. The maximum absolute atomic E-state index is 12.6. The second-order valence-corrected chi connectivity index (χ2v) is 7.16. The summed E-state index contributed by atoms with van der Waals surface area (Å²) < 4.78 is 0. The minimum atomic E-state index is -0.159. The van der Waals surface area contributed by atoms with E-state index in [2.05, 4.69) is 9.80 Å². The minimum Gasteiger partial charge on any atom is -0.354 e. The number of fused-ring (bicyclic) bond motifs is 1. The van der Waals surface area contributed by atoms with Gasteiger partial charge in [0.05, 0.1) is 5.57 Å². The van der Waals surface area contributed by atoms with E-state index in [0.717, 1.165) is 19.5 Å². The standard InChI is InChI=1S/C22H24N2O2/c25-21-18-7-2-3-8-19(18)22(26)20(21)17-9-15-24(16-10-17)14-6-13-23-11-4-1-5-12-23/h2-3,7-10,15-16H,1,4-6,11-14H2. The molecular weight excluding hydrogens is 324 g/mol. The number of allylic oxidation sites excluding steroid dienone is 4. The van der Waals surface area contributed by atoms with Gasteiger partial charge in [-0.15, -0.1) is 0 Å². The largest absolute Gasteiger partial charge is 0.354 e. The summed E-state index contributed by atoms with van der Waals surface area (Å²) in [5.74, 6) is -0.318. The van der Waals surface area contributed by atoms with Crippen molar-refractivity contribution in [2.24, 2.45) is 0 Å². The molecule has 0 saturated carbocycles. The first-order chi connectivity index (χ1) is 12.7. The van der Waals surface area contributed by atoms with Gasteiger partial charge in [0.25, 0.3) is 0 Å². The molecule has 1 saturated heterocycles. The topological polar surface area (TPSA) is 40.6 Å². The summed E-state index contributed by atoms with van der Waals surface area (Å²) in [5, 5.41) is 0. The van der Waals surface area contributed by atoms with E-state index in [-0.39, 0.29) is 11.6 Å². The van der Waals surface area contributed by atoms with Crippen LogP contribution < -0.4 is 0 Å². The van der Waals surface area contributed by atoms with Crippen LogP contribution >= 0.6 is 0 Å². The van der Waals surface area contributed by atoms with Crippen molar-refractivity contribution in [3.8, 4) is 0 Å². The number of hydrogen-bond acceptors (Lipinski definition) is 4. The molecule has 1 aromatic rings. The smallest absolute Gasteiger partial charge is 0.198 e. The second kappa shape index (κ2) is 7.42. The van der Waals surface area contributed by atoms with Crippen LogP contribution in [0.5, 0.6) is 0 Å². The number of ketones is 2. The van der Waals surface area contributed by atoms with Crippen molar-refractivity contribution in [3.05, 3.63) is 71.1 Å². The van der Waals surface area contributed by atoms with Crippen molar-refractivity contribution in [2.75, 3.05) is 26.2 Å². The highest BCUT2D eigenvalue weighted by Crippen LogP contribution is 2.30. The highest BCUT2D eigenvalue weighted by atomic mass is 16.2. The van der Waals surface area contributed by atoms with E-state index in [1.54, 1.807) is 24.3 Å². The second-order valence-electron chi connectivity index (χ2n) is 7.16. The number of likely N-dealkylation sites (tertiary alicyclic amines) is 1. The Morgan fingerprint density at radius 2 is 1.42 bits per heavy atom. The number of piperidine rings is 1. The fraction of sp³-hybridized carbons (Fsp3) is 0.364. The molecule has 0 aromatic heterocycles. The number of hydrogen-bond donors (Lipinski definition) is 0. The Morgan fingerprint density at radius 3 is 2.04 bits per heavy atom. The molecule has 26 heavy (non-hydrogen) atoms. The first kappa shape index (κ1) is 17.0. The first-order valence-electron chi connectivity index (χ1n) is 9.51. The molecule has 0 unspecified atom stereocenters. The van der Waals surface area contributed by atoms with Gasteiger partial charge in [0, 0.05) is 30.1 Å². The normalized spacial score (nSPS) is 20.2. The molecule has 0 atom stereocenters. The molecule has 2 aliphatic heterocycles. The molecule has 134 valence electrons. The van der Waals surface area contributed by atoms with E-state index < -0.39 is 0 Å². The third kappa shape index (κ3) is 3.29. The van der Waals surface area contributed by atoms with E-state index in [4.69, 9.17) is 0 Å². The van der Waals surface area contributed by atoms with Crippen LogP contribution in [0.3, 0.4) is 0 Å². The van der Waals surface area contributed by atoms with Gasteiger partial charge in [0.15, 0.2) is 11.6 Å². The lowest BCUT2D eigenvalue weighted by atomic mass is 10.0. The Kier molecular flexibility index (Phi) is 4.85. The van der Waals surface area contributed by atoms with Crippen LogP contribution in [0.1, 0.15) is 46.4 Å². The number of Topliss-reactive ketones (excluding diaryl/α,β-unsaturated/α-hetero) is 2. The van der Waals surface area contributed by atoms with Crippen molar-refractivity contribution in [3.63, 3.8) is 0 Å². The van der Waals surface area contributed by atoms with Crippen molar-refractivity contribution < 1.29 is 9.59 Å². The lowest BCUT2D eigenvalue weighted by Gasteiger charge is -2.27. The molecule has 3 aliphatic rings. The molecule has 1 aliphatic carbocycles. The Labute approximate surface area is 154 Å². The molecular formula is C22H24N2O2. The zero-order chi connectivity index (χ0) is 17.9. The maximum atomic E-state index is 12.6. The Hall–Kier alpha value is -2.46. The molecule has 0 radical (unpaired) electrons. The highest BCUT2D eigenvalue weighted by Gasteiger charge is 2.34. The van der Waals surface area contributed by atoms with Crippen molar-refractivity contribution in [2.45, 2.75) is 25.7 Å². The average Bonchev–Trinajstić information content (AvgIpc) is 2.94. The first-order valence-corrected chi connectivity index (χ1v) is 9.51. The summed E-state index contributed by atoms with van der Waals surface area (Å²) in [4.78, 5) is 29.8. The number of nitrogens with zero attached hydrogens (tertiary/aromatic N) is 2. The predicted molar refractivity (Wildman–Crippen MR) is 102 cm³/mol. The lowest BCUT2D eigenvalue weighted by Crippen LogP contribution is -2.32. The molecule has 4 heteroatoms. The van der Waals surface area contributed by atoms with Gasteiger partial charge in [-0.1, -0.05) is 30.7 Å². The van der Waals surface area contributed by atoms with E-state index >= 15 is 0 Å². The molecule has 0 spiro atoms. The van der Waals surface area contributed by atoms with E-state index in [1.165, 1.54) is 32.4 Å². The van der Waals surface area contributed by atoms with Crippen LogP contribution in [-0.4, -0.2) is 47.5 Å². The van der Waals surface area contributed by atoms with Crippen molar-refractivity contribution >= 4 is 11.6 Å². The van der Waals surface area contributed by atoms with Gasteiger partial charge in [-0.05, 0) is 56.6 Å². The third-order valence-electron chi connectivity index (χ3n) is 5.39. The SMILES string of the molecule is O=C1C(=C2C=CN(CCCN3CCCCC3)C=C2)C(=O)c2ccccc21. The van der Waals surface area contributed by atoms with Gasteiger partial charge >= 0.3 is 0 Å². The fourth-order valence-corrected chi connectivity index (χ4v) is 3.95. The van der Waals surface area contributed by atoms with Gasteiger partial charge < -0.3 is 9.80 Å². The zero-order valence-electron chi connectivity index (χ0n) is 15.0. The number of carbonyl (C=O) groups excluding carboxylic acids is 2. The molecule has 0 bridgehead atoms. The van der Waals surface area contributed by atoms with Crippen molar-refractivity contribution in [1.82, 2.24) is 9.80 Å². The highest BCUT2D eigenvalue weighted by molar-refractivity contribution is 6.40. The van der Waals surface area contributed by atoms with E-state index in [9.17, 15) is 9.59 Å². The van der Waals surface area contributed by atoms with Crippen molar-refractivity contribution in [1.29, 1.82) is 0 Å². The molecule has 2 heterocycles. The summed E-state index contributed by atoms with van der Waals surface area (Å²) in [6.45, 7) is 4.55. The van der Waals surface area contributed by atoms with Gasteiger partial charge in [0.1, 0.15) is 0 Å². The van der Waals surface area contributed by atoms with Crippen LogP contribution in [0.25, 0.3) is 0 Å². The zero-order valence-corrected chi connectivity index (χ0v) is 15.0. The van der Waals surface area contributed by atoms with Crippen LogP contribution in [0.4, 0.5) is 0 Å². The molecule has 1 fully saturated rings. The summed E-state index contributed by atoms with van der Waals surface area (Å²) in [6, 6.07) is 7.06. The summed E-state index contributed by atoms with van der Waals surface area (Å²) in [6.07, 6.45) is 12.9. The monoisotopic (exact) mass is 348 g/mol. The van der Waals surface area contributed by atoms with Gasteiger partial charge in [-0.3, -0.25) is 9.59 Å². The summed E-state index contributed by atoms with van der Waals surface area (Å²) >= 11 is 0. The molecule has 0 amide bonds. The Balaban J connectivity index is 1.39. The number of carbonyl (C=O) groups is 2. The van der Waals surface area contributed by atoms with E-state index in [1.807, 2.05) is 24.6 Å². The van der Waals surface area contributed by atoms with E-state index in [0.29, 0.717) is 22.3 Å². The molecule has 4 rings (SSSR count). The Morgan fingerprint density at radius 1 is 0.808 bits per heavy atom. The van der Waals surface area contributed by atoms with Gasteiger partial charge in [-0.25, -0.2) is 0 Å².